The van der Waals surface area contributed by atoms with Crippen LogP contribution in [0.2, 0.25) is 0 Å². The van der Waals surface area contributed by atoms with E-state index >= 15 is 0 Å². The SMILES string of the molecule is COc1ccc(C(=O)[O-])c(CC(=O)[O-])c1. The molecule has 0 atom stereocenters. The number of aromatic carboxylic acids is 1. The maximum Gasteiger partial charge on any atom is 0.119 e. The Morgan fingerprint density at radius 1 is 1.33 bits per heavy atom. The van der Waals surface area contributed by atoms with E-state index in [0.29, 0.717) is 5.75 Å². The molecule has 0 unspecified atom stereocenters. The third-order valence-electron chi connectivity index (χ3n) is 1.87. The summed E-state index contributed by atoms with van der Waals surface area (Å²) in [5.74, 6) is -2.39. The Morgan fingerprint density at radius 2 is 2.00 bits per heavy atom. The van der Waals surface area contributed by atoms with E-state index in [0.717, 1.165) is 0 Å². The molecule has 0 N–H and O–H groups in total. The second-order valence-corrected chi connectivity index (χ2v) is 2.86. The van der Waals surface area contributed by atoms with Gasteiger partial charge in [0.15, 0.2) is 0 Å². The van der Waals surface area contributed by atoms with Crippen molar-refractivity contribution in [2.75, 3.05) is 7.11 Å². The first-order valence-corrected chi connectivity index (χ1v) is 4.12. The minimum atomic E-state index is -1.42. The lowest BCUT2D eigenvalue weighted by Crippen LogP contribution is -2.28. The number of carbonyl (C=O) groups is 2. The van der Waals surface area contributed by atoms with Gasteiger partial charge in [-0.3, -0.25) is 0 Å². The Labute approximate surface area is 85.9 Å². The molecule has 0 aliphatic heterocycles. The van der Waals surface area contributed by atoms with Gasteiger partial charge in [0.25, 0.3) is 0 Å². The number of ether oxygens (including phenoxy) is 1. The van der Waals surface area contributed by atoms with Crippen molar-refractivity contribution in [1.82, 2.24) is 0 Å². The predicted molar refractivity (Wildman–Crippen MR) is 46.0 cm³/mol. The molecule has 0 spiro atoms. The van der Waals surface area contributed by atoms with Crippen molar-refractivity contribution in [2.24, 2.45) is 0 Å². The molecule has 0 saturated carbocycles. The first-order chi connectivity index (χ1) is 7.04. The molecule has 0 aliphatic rings. The summed E-state index contributed by atoms with van der Waals surface area (Å²) in [6, 6.07) is 4.00. The quantitative estimate of drug-likeness (QED) is 0.591. The van der Waals surface area contributed by atoms with Crippen LogP contribution in [-0.4, -0.2) is 19.0 Å². The maximum atomic E-state index is 10.6. The van der Waals surface area contributed by atoms with Gasteiger partial charge >= 0.3 is 0 Å². The predicted octanol–water partition coefficient (Wildman–Crippen LogP) is -1.65. The van der Waals surface area contributed by atoms with Gasteiger partial charge < -0.3 is 24.5 Å². The maximum absolute atomic E-state index is 10.6. The van der Waals surface area contributed by atoms with Gasteiger partial charge in [-0.25, -0.2) is 0 Å². The van der Waals surface area contributed by atoms with E-state index in [1.54, 1.807) is 0 Å². The number of rotatable bonds is 4. The first-order valence-electron chi connectivity index (χ1n) is 4.12. The third-order valence-corrected chi connectivity index (χ3v) is 1.87. The van der Waals surface area contributed by atoms with Crippen LogP contribution in [0, 0.1) is 0 Å². The summed E-state index contributed by atoms with van der Waals surface area (Å²) >= 11 is 0. The van der Waals surface area contributed by atoms with Crippen molar-refractivity contribution in [1.29, 1.82) is 0 Å². The Kier molecular flexibility index (Phi) is 3.28. The topological polar surface area (TPSA) is 89.5 Å². The average Bonchev–Trinajstić information content (AvgIpc) is 2.16. The normalized spacial score (nSPS) is 9.67. The lowest BCUT2D eigenvalue weighted by Gasteiger charge is -2.12. The van der Waals surface area contributed by atoms with E-state index in [1.807, 2.05) is 0 Å². The summed E-state index contributed by atoms with van der Waals surface area (Å²) in [6.45, 7) is 0. The Hall–Kier alpha value is -2.04. The van der Waals surface area contributed by atoms with Gasteiger partial charge in [0.05, 0.1) is 13.1 Å². The number of benzene rings is 1. The second kappa shape index (κ2) is 4.45. The largest absolute Gasteiger partial charge is 0.550 e. The van der Waals surface area contributed by atoms with Gasteiger partial charge in [0.1, 0.15) is 5.75 Å². The molecule has 0 saturated heterocycles. The average molecular weight is 208 g/mol. The van der Waals surface area contributed by atoms with Gasteiger partial charge in [0.2, 0.25) is 0 Å². The Morgan fingerprint density at radius 3 is 2.47 bits per heavy atom. The van der Waals surface area contributed by atoms with E-state index in [9.17, 15) is 19.8 Å². The van der Waals surface area contributed by atoms with Crippen molar-refractivity contribution >= 4 is 11.9 Å². The highest BCUT2D eigenvalue weighted by Crippen LogP contribution is 2.17. The van der Waals surface area contributed by atoms with Crippen molar-refractivity contribution in [2.45, 2.75) is 6.42 Å². The molecule has 0 aliphatic carbocycles. The van der Waals surface area contributed by atoms with Gasteiger partial charge in [-0.1, -0.05) is 0 Å². The lowest BCUT2D eigenvalue weighted by atomic mass is 10.0. The van der Waals surface area contributed by atoms with Crippen LogP contribution < -0.4 is 14.9 Å². The smallest absolute Gasteiger partial charge is 0.119 e. The summed E-state index contributed by atoms with van der Waals surface area (Å²) in [7, 11) is 1.40. The molecule has 0 aromatic heterocycles. The zero-order valence-electron chi connectivity index (χ0n) is 7.98. The Balaban J connectivity index is 3.16. The van der Waals surface area contributed by atoms with Crippen LogP contribution in [0.3, 0.4) is 0 Å². The van der Waals surface area contributed by atoms with E-state index in [-0.39, 0.29) is 11.1 Å². The summed E-state index contributed by atoms with van der Waals surface area (Å²) in [5.41, 5.74) is -0.0608. The zero-order valence-corrected chi connectivity index (χ0v) is 7.98. The summed E-state index contributed by atoms with van der Waals surface area (Å²) in [6.07, 6.45) is -0.486. The van der Waals surface area contributed by atoms with E-state index < -0.39 is 18.4 Å². The van der Waals surface area contributed by atoms with Gasteiger partial charge in [-0.2, -0.15) is 0 Å². The van der Waals surface area contributed by atoms with Crippen molar-refractivity contribution in [3.8, 4) is 5.75 Å². The van der Waals surface area contributed by atoms with Crippen molar-refractivity contribution in [3.63, 3.8) is 0 Å². The minimum Gasteiger partial charge on any atom is -0.550 e. The fraction of sp³-hybridized carbons (Fsp3) is 0.200. The van der Waals surface area contributed by atoms with Gasteiger partial charge in [-0.05, 0) is 23.8 Å². The van der Waals surface area contributed by atoms with Crippen molar-refractivity contribution in [3.05, 3.63) is 29.3 Å². The molecule has 0 bridgehead atoms. The monoisotopic (exact) mass is 208 g/mol. The number of carboxylic acids is 2. The molecule has 1 aromatic rings. The molecule has 1 rings (SSSR count). The standard InChI is InChI=1S/C10H10O5/c1-15-7-2-3-8(10(13)14)6(4-7)5-9(11)12/h2-4H,5H2,1H3,(H,11,12)(H,13,14)/p-2. The molecule has 15 heavy (non-hydrogen) atoms. The number of aliphatic carboxylic acids is 1. The molecular weight excluding hydrogens is 200 g/mol. The molecule has 0 radical (unpaired) electrons. The van der Waals surface area contributed by atoms with Gasteiger partial charge in [-0.15, -0.1) is 0 Å². The second-order valence-electron chi connectivity index (χ2n) is 2.86. The van der Waals surface area contributed by atoms with Crippen LogP contribution in [0.15, 0.2) is 18.2 Å². The number of carboxylic acid groups (broad SMARTS) is 2. The molecule has 5 nitrogen and oxygen atoms in total. The van der Waals surface area contributed by atoms with E-state index in [4.69, 9.17) is 4.74 Å². The first kappa shape index (κ1) is 11.0. The van der Waals surface area contributed by atoms with Crippen LogP contribution in [0.5, 0.6) is 5.75 Å². The number of hydrogen-bond donors (Lipinski definition) is 0. The number of methoxy groups -OCH3 is 1. The van der Waals surface area contributed by atoms with E-state index in [1.165, 1.54) is 25.3 Å². The lowest BCUT2D eigenvalue weighted by molar-refractivity contribution is -0.304. The molecule has 0 fully saturated rings. The molecule has 80 valence electrons. The van der Waals surface area contributed by atoms with Crippen LogP contribution in [0.1, 0.15) is 15.9 Å². The van der Waals surface area contributed by atoms with Crippen LogP contribution in [0.25, 0.3) is 0 Å². The highest BCUT2D eigenvalue weighted by molar-refractivity contribution is 5.89. The number of hydrogen-bond acceptors (Lipinski definition) is 5. The summed E-state index contributed by atoms with van der Waals surface area (Å²) in [5, 5.41) is 21.0. The Bertz CT molecular complexity index is 397. The van der Waals surface area contributed by atoms with Crippen LogP contribution >= 0.6 is 0 Å². The molecule has 1 aromatic carbocycles. The highest BCUT2D eigenvalue weighted by atomic mass is 16.5. The van der Waals surface area contributed by atoms with Gasteiger partial charge in [0, 0.05) is 18.0 Å². The molecular formula is C10H8O5-2. The minimum absolute atomic E-state index is 0.106. The van der Waals surface area contributed by atoms with Crippen LogP contribution in [0.4, 0.5) is 0 Å². The number of carbonyl (C=O) groups excluding carboxylic acids is 2. The van der Waals surface area contributed by atoms with Crippen LogP contribution in [-0.2, 0) is 11.2 Å². The molecule has 5 heteroatoms. The van der Waals surface area contributed by atoms with Crippen molar-refractivity contribution < 1.29 is 24.5 Å². The molecule has 0 heterocycles. The summed E-state index contributed by atoms with van der Waals surface area (Å²) in [4.78, 5) is 21.0. The fourth-order valence-corrected chi connectivity index (χ4v) is 1.20. The fourth-order valence-electron chi connectivity index (χ4n) is 1.20. The summed E-state index contributed by atoms with van der Waals surface area (Å²) < 4.78 is 4.84. The van der Waals surface area contributed by atoms with E-state index in [2.05, 4.69) is 0 Å². The molecule has 0 amide bonds. The highest BCUT2D eigenvalue weighted by Gasteiger charge is 2.05. The third kappa shape index (κ3) is 2.70. The zero-order chi connectivity index (χ0) is 11.4.